The lowest BCUT2D eigenvalue weighted by atomic mass is 9.97. The minimum absolute atomic E-state index is 0.104. The number of phenols is 1. The number of aryl methyl sites for hydroxylation is 1. The van der Waals surface area contributed by atoms with Gasteiger partial charge in [-0.1, -0.05) is 0 Å². The molecule has 1 saturated heterocycles. The average Bonchev–Trinajstić information content (AvgIpc) is 3.06. The molecule has 2 aromatic heterocycles. The lowest BCUT2D eigenvalue weighted by molar-refractivity contribution is -0.140. The fourth-order valence-corrected chi connectivity index (χ4v) is 4.77. The highest BCUT2D eigenvalue weighted by Gasteiger charge is 2.38. The summed E-state index contributed by atoms with van der Waals surface area (Å²) in [6.07, 6.45) is -1.82. The molecule has 0 saturated carbocycles. The van der Waals surface area contributed by atoms with Crippen molar-refractivity contribution in [2.75, 3.05) is 19.3 Å². The number of phenolic OH excluding ortho intramolecular Hbond substituents is 1. The van der Waals surface area contributed by atoms with Crippen molar-refractivity contribution >= 4 is 21.1 Å². The van der Waals surface area contributed by atoms with Crippen LogP contribution in [-0.2, 0) is 23.2 Å². The van der Waals surface area contributed by atoms with Crippen molar-refractivity contribution < 1.29 is 35.5 Å². The summed E-state index contributed by atoms with van der Waals surface area (Å²) in [5.74, 6) is -5.22. The molecule has 0 spiro atoms. The monoisotopic (exact) mass is 491 g/mol. The summed E-state index contributed by atoms with van der Waals surface area (Å²) in [7, 11) is -1.86. The Bertz CT molecular complexity index is 1350. The molecule has 1 aromatic carbocycles. The predicted octanol–water partition coefficient (Wildman–Crippen LogP) is 3.17. The van der Waals surface area contributed by atoms with Crippen LogP contribution in [-0.4, -0.2) is 56.9 Å². The van der Waals surface area contributed by atoms with Gasteiger partial charge in [-0.2, -0.15) is 18.3 Å². The minimum atomic E-state index is -5.17. The molecule has 3 heterocycles. The average molecular weight is 491 g/mol. The summed E-state index contributed by atoms with van der Waals surface area (Å²) in [6, 6.07) is 0.251. The number of nitrogens with zero attached hydrogens (tertiary/aromatic N) is 5. The molecule has 3 aromatic rings. The maximum absolute atomic E-state index is 14.6. The summed E-state index contributed by atoms with van der Waals surface area (Å²) in [5.41, 5.74) is -2.67. The molecule has 1 N–H and O–H groups in total. The SMILES string of the molecule is Cn1nc(-c2cc(C(F)(F)F)c(F)c(O)c2F)c2cnc(C3CCN(S(C)(=O)=O)CC3)nc21. The number of halogens is 5. The van der Waals surface area contributed by atoms with Crippen molar-refractivity contribution in [2.45, 2.75) is 24.9 Å². The fraction of sp³-hybridized carbons (Fsp3) is 0.421. The van der Waals surface area contributed by atoms with Gasteiger partial charge in [0, 0.05) is 37.8 Å². The van der Waals surface area contributed by atoms with Crippen LogP contribution < -0.4 is 0 Å². The van der Waals surface area contributed by atoms with Crippen LogP contribution in [0, 0.1) is 11.6 Å². The lowest BCUT2D eigenvalue weighted by Gasteiger charge is -2.29. The third kappa shape index (κ3) is 4.12. The van der Waals surface area contributed by atoms with Gasteiger partial charge in [0.2, 0.25) is 10.0 Å². The quantitative estimate of drug-likeness (QED) is 0.565. The van der Waals surface area contributed by atoms with Crippen LogP contribution in [0.15, 0.2) is 12.3 Å². The summed E-state index contributed by atoms with van der Waals surface area (Å²) >= 11 is 0. The molecule has 14 heteroatoms. The maximum Gasteiger partial charge on any atom is 0.419 e. The topological polar surface area (TPSA) is 101 Å². The molecule has 0 atom stereocenters. The summed E-state index contributed by atoms with van der Waals surface area (Å²) in [6.45, 7) is 0.587. The highest BCUT2D eigenvalue weighted by molar-refractivity contribution is 7.88. The Hall–Kier alpha value is -2.87. The van der Waals surface area contributed by atoms with Gasteiger partial charge in [0.15, 0.2) is 23.0 Å². The molecule has 1 aliphatic rings. The summed E-state index contributed by atoms with van der Waals surface area (Å²) in [5, 5.41) is 13.7. The van der Waals surface area contributed by atoms with E-state index in [-0.39, 0.29) is 28.7 Å². The summed E-state index contributed by atoms with van der Waals surface area (Å²) in [4.78, 5) is 8.66. The second-order valence-electron chi connectivity index (χ2n) is 7.82. The van der Waals surface area contributed by atoms with Gasteiger partial charge in [-0.15, -0.1) is 0 Å². The number of hydrogen-bond acceptors (Lipinski definition) is 6. The first kappa shape index (κ1) is 23.3. The number of alkyl halides is 3. The molecule has 1 aliphatic heterocycles. The molecule has 4 rings (SSSR count). The number of hydrogen-bond donors (Lipinski definition) is 1. The molecule has 33 heavy (non-hydrogen) atoms. The molecule has 0 amide bonds. The molecular formula is C19H18F5N5O3S. The van der Waals surface area contributed by atoms with Crippen LogP contribution in [0.2, 0.25) is 0 Å². The first-order valence-electron chi connectivity index (χ1n) is 9.72. The van der Waals surface area contributed by atoms with Gasteiger partial charge in [0.05, 0.1) is 17.2 Å². The van der Waals surface area contributed by atoms with Crippen LogP contribution >= 0.6 is 0 Å². The second kappa shape index (κ2) is 7.87. The molecule has 0 aliphatic carbocycles. The van der Waals surface area contributed by atoms with Gasteiger partial charge < -0.3 is 5.11 Å². The highest BCUT2D eigenvalue weighted by Crippen LogP contribution is 2.41. The Labute approximate surface area is 184 Å². The van der Waals surface area contributed by atoms with E-state index in [1.807, 2.05) is 0 Å². The molecule has 0 bridgehead atoms. The maximum atomic E-state index is 14.6. The van der Waals surface area contributed by atoms with Crippen LogP contribution in [0.4, 0.5) is 22.0 Å². The van der Waals surface area contributed by atoms with E-state index in [4.69, 9.17) is 0 Å². The number of aromatic nitrogens is 4. The van der Waals surface area contributed by atoms with E-state index >= 15 is 0 Å². The molecule has 1 fully saturated rings. The van der Waals surface area contributed by atoms with Crippen LogP contribution in [0.25, 0.3) is 22.3 Å². The molecule has 0 unspecified atom stereocenters. The van der Waals surface area contributed by atoms with Crippen molar-refractivity contribution in [3.63, 3.8) is 0 Å². The Morgan fingerprint density at radius 3 is 2.36 bits per heavy atom. The van der Waals surface area contributed by atoms with Gasteiger partial charge in [0.25, 0.3) is 0 Å². The van der Waals surface area contributed by atoms with E-state index in [1.54, 1.807) is 0 Å². The van der Waals surface area contributed by atoms with Crippen LogP contribution in [0.5, 0.6) is 5.75 Å². The predicted molar refractivity (Wildman–Crippen MR) is 107 cm³/mol. The Balaban J connectivity index is 1.75. The number of fused-ring (bicyclic) bond motifs is 1. The number of benzene rings is 1. The number of piperidine rings is 1. The van der Waals surface area contributed by atoms with Crippen molar-refractivity contribution in [3.8, 4) is 17.0 Å². The second-order valence-corrected chi connectivity index (χ2v) is 9.80. The van der Waals surface area contributed by atoms with E-state index in [1.165, 1.54) is 22.2 Å². The molecule has 0 radical (unpaired) electrons. The van der Waals surface area contributed by atoms with Crippen LogP contribution in [0.3, 0.4) is 0 Å². The smallest absolute Gasteiger partial charge is 0.419 e. The molecule has 178 valence electrons. The zero-order valence-corrected chi connectivity index (χ0v) is 18.2. The Morgan fingerprint density at radius 2 is 1.79 bits per heavy atom. The van der Waals surface area contributed by atoms with E-state index in [9.17, 15) is 35.5 Å². The fourth-order valence-electron chi connectivity index (χ4n) is 3.89. The van der Waals surface area contributed by atoms with Gasteiger partial charge in [-0.05, 0) is 18.9 Å². The largest absolute Gasteiger partial charge is 0.503 e. The van der Waals surface area contributed by atoms with E-state index < -0.39 is 44.7 Å². The zero-order chi connectivity index (χ0) is 24.3. The lowest BCUT2D eigenvalue weighted by Crippen LogP contribution is -2.37. The van der Waals surface area contributed by atoms with E-state index in [0.717, 1.165) is 6.26 Å². The number of rotatable bonds is 3. The third-order valence-electron chi connectivity index (χ3n) is 5.62. The van der Waals surface area contributed by atoms with Crippen molar-refractivity contribution in [2.24, 2.45) is 7.05 Å². The van der Waals surface area contributed by atoms with E-state index in [0.29, 0.717) is 31.8 Å². The van der Waals surface area contributed by atoms with Gasteiger partial charge in [0.1, 0.15) is 11.5 Å². The van der Waals surface area contributed by atoms with Crippen molar-refractivity contribution in [1.82, 2.24) is 24.1 Å². The highest BCUT2D eigenvalue weighted by atomic mass is 32.2. The molecular weight excluding hydrogens is 473 g/mol. The van der Waals surface area contributed by atoms with E-state index in [2.05, 4.69) is 15.1 Å². The van der Waals surface area contributed by atoms with Gasteiger partial charge in [-0.3, -0.25) is 0 Å². The first-order valence-corrected chi connectivity index (χ1v) is 11.6. The number of aromatic hydroxyl groups is 1. The van der Waals surface area contributed by atoms with Crippen molar-refractivity contribution in [1.29, 1.82) is 0 Å². The van der Waals surface area contributed by atoms with Gasteiger partial charge in [-0.25, -0.2) is 36.2 Å². The standard InChI is InChI=1S/C19H18F5N5O3S/c1-28-18-11(8-25-17(26-18)9-3-5-29(6-4-9)33(2,31)32)15(27-28)10-7-12(19(22,23)24)14(21)16(30)13(10)20/h7-9,30H,3-6H2,1-2H3. The zero-order valence-electron chi connectivity index (χ0n) is 17.4. The normalized spacial score (nSPS) is 16.6. The Morgan fingerprint density at radius 1 is 1.15 bits per heavy atom. The Kier molecular flexibility index (Phi) is 5.55. The first-order chi connectivity index (χ1) is 15.3. The number of sulfonamides is 1. The summed E-state index contributed by atoms with van der Waals surface area (Å²) < 4.78 is 93.8. The minimum Gasteiger partial charge on any atom is -0.503 e. The van der Waals surface area contributed by atoms with Crippen LogP contribution in [0.1, 0.15) is 30.1 Å². The molecule has 8 nitrogen and oxygen atoms in total. The van der Waals surface area contributed by atoms with Crippen molar-refractivity contribution in [3.05, 3.63) is 35.3 Å². The third-order valence-corrected chi connectivity index (χ3v) is 6.93. The van der Waals surface area contributed by atoms with Gasteiger partial charge >= 0.3 is 6.18 Å².